The maximum absolute atomic E-state index is 13.1. The fraction of sp³-hybridized carbons (Fsp3) is 0.200. The van der Waals surface area contributed by atoms with Crippen LogP contribution in [0.5, 0.6) is 0 Å². The van der Waals surface area contributed by atoms with Crippen molar-refractivity contribution in [2.24, 2.45) is 0 Å². The molecule has 3 rings (SSSR count). The number of thioether (sulfide) groups is 1. The van der Waals surface area contributed by atoms with Gasteiger partial charge in [0.1, 0.15) is 5.25 Å². The highest BCUT2D eigenvalue weighted by Crippen LogP contribution is 2.38. The van der Waals surface area contributed by atoms with Gasteiger partial charge in [0.15, 0.2) is 10.1 Å². The summed E-state index contributed by atoms with van der Waals surface area (Å²) < 4.78 is 0.706. The average molecular weight is 413 g/mol. The maximum atomic E-state index is 13.1. The number of anilines is 2. The molecule has 0 radical (unpaired) electrons. The second-order valence-corrected chi connectivity index (χ2v) is 8.27. The molecule has 2 N–H and O–H groups in total. The quantitative estimate of drug-likeness (QED) is 0.414. The largest absolute Gasteiger partial charge is 0.360 e. The molecule has 2 aromatic carbocycles. The Balaban J connectivity index is 1.82. The first-order chi connectivity index (χ1) is 13.6. The van der Waals surface area contributed by atoms with Crippen LogP contribution in [0.3, 0.4) is 0 Å². The molecular formula is C20H20N4O2S2. The van der Waals surface area contributed by atoms with E-state index in [4.69, 9.17) is 0 Å². The summed E-state index contributed by atoms with van der Waals surface area (Å²) in [6, 6.07) is 16.5. The first kappa shape index (κ1) is 20.0. The molecule has 8 heteroatoms. The van der Waals surface area contributed by atoms with Gasteiger partial charge in [-0.15, -0.1) is 10.2 Å². The standard InChI is InChI=1S/C20H20N4O2S2/c1-3-21-19-23-24-20(28-19)27-17(14-8-5-4-6-9-14)18(26)22-16-11-7-10-15(12-16)13(2)25/h4-12,17H,3H2,1-2H3,(H,21,23)(H,22,26). The molecule has 1 aromatic heterocycles. The van der Waals surface area contributed by atoms with Crippen LogP contribution in [-0.4, -0.2) is 28.4 Å². The number of ketones is 1. The van der Waals surface area contributed by atoms with Gasteiger partial charge in [0.25, 0.3) is 0 Å². The van der Waals surface area contributed by atoms with E-state index in [1.54, 1.807) is 24.3 Å². The van der Waals surface area contributed by atoms with Crippen molar-refractivity contribution in [3.05, 3.63) is 65.7 Å². The number of rotatable bonds is 8. The highest BCUT2D eigenvalue weighted by Gasteiger charge is 2.24. The van der Waals surface area contributed by atoms with Crippen LogP contribution in [0.2, 0.25) is 0 Å². The minimum atomic E-state index is -0.496. The van der Waals surface area contributed by atoms with Gasteiger partial charge < -0.3 is 10.6 Å². The van der Waals surface area contributed by atoms with E-state index >= 15 is 0 Å². The number of nitrogens with zero attached hydrogens (tertiary/aromatic N) is 2. The van der Waals surface area contributed by atoms with E-state index in [0.29, 0.717) is 15.6 Å². The van der Waals surface area contributed by atoms with Gasteiger partial charge in [0, 0.05) is 17.8 Å². The Morgan fingerprint density at radius 2 is 1.89 bits per heavy atom. The third kappa shape index (κ3) is 5.17. The van der Waals surface area contributed by atoms with Crippen LogP contribution in [-0.2, 0) is 4.79 Å². The average Bonchev–Trinajstić information content (AvgIpc) is 3.14. The molecule has 0 bridgehead atoms. The zero-order valence-electron chi connectivity index (χ0n) is 15.5. The van der Waals surface area contributed by atoms with Crippen molar-refractivity contribution in [2.75, 3.05) is 17.2 Å². The summed E-state index contributed by atoms with van der Waals surface area (Å²) >= 11 is 2.77. The molecule has 1 amide bonds. The molecule has 6 nitrogen and oxygen atoms in total. The Bertz CT molecular complexity index is 960. The van der Waals surface area contributed by atoms with Gasteiger partial charge in [-0.3, -0.25) is 9.59 Å². The van der Waals surface area contributed by atoms with Crippen molar-refractivity contribution in [1.29, 1.82) is 0 Å². The van der Waals surface area contributed by atoms with Crippen LogP contribution in [0.4, 0.5) is 10.8 Å². The summed E-state index contributed by atoms with van der Waals surface area (Å²) in [6.45, 7) is 4.25. The lowest BCUT2D eigenvalue weighted by Gasteiger charge is -2.16. The normalized spacial score (nSPS) is 11.6. The lowest BCUT2D eigenvalue weighted by molar-refractivity contribution is -0.115. The van der Waals surface area contributed by atoms with Gasteiger partial charge in [0.05, 0.1) is 0 Å². The molecule has 0 aliphatic rings. The SMILES string of the molecule is CCNc1nnc(SC(C(=O)Nc2cccc(C(C)=O)c2)c2ccccc2)s1. The summed E-state index contributed by atoms with van der Waals surface area (Å²) in [6.07, 6.45) is 0. The minimum Gasteiger partial charge on any atom is -0.360 e. The molecule has 1 heterocycles. The highest BCUT2D eigenvalue weighted by atomic mass is 32.2. The number of nitrogens with one attached hydrogen (secondary N) is 2. The third-order valence-electron chi connectivity index (χ3n) is 3.83. The molecule has 0 fully saturated rings. The molecule has 0 saturated heterocycles. The van der Waals surface area contributed by atoms with Crippen molar-refractivity contribution in [3.8, 4) is 0 Å². The van der Waals surface area contributed by atoms with Gasteiger partial charge in [-0.25, -0.2) is 0 Å². The van der Waals surface area contributed by atoms with Gasteiger partial charge in [-0.05, 0) is 31.5 Å². The van der Waals surface area contributed by atoms with Crippen molar-refractivity contribution in [1.82, 2.24) is 10.2 Å². The smallest absolute Gasteiger partial charge is 0.242 e. The molecule has 0 spiro atoms. The van der Waals surface area contributed by atoms with Crippen LogP contribution in [0.1, 0.15) is 35.0 Å². The van der Waals surface area contributed by atoms with Crippen LogP contribution < -0.4 is 10.6 Å². The first-order valence-corrected chi connectivity index (χ1v) is 10.5. The van der Waals surface area contributed by atoms with Crippen LogP contribution in [0, 0.1) is 0 Å². The Morgan fingerprint density at radius 1 is 1.11 bits per heavy atom. The van der Waals surface area contributed by atoms with Crippen molar-refractivity contribution >= 4 is 45.6 Å². The Morgan fingerprint density at radius 3 is 2.61 bits per heavy atom. The van der Waals surface area contributed by atoms with E-state index < -0.39 is 5.25 Å². The number of carbonyl (C=O) groups is 2. The monoisotopic (exact) mass is 412 g/mol. The highest BCUT2D eigenvalue weighted by molar-refractivity contribution is 8.02. The van der Waals surface area contributed by atoms with Gasteiger partial charge in [-0.1, -0.05) is 65.6 Å². The molecule has 0 aliphatic heterocycles. The number of amides is 1. The van der Waals surface area contributed by atoms with Crippen molar-refractivity contribution in [2.45, 2.75) is 23.4 Å². The number of benzene rings is 2. The molecular weight excluding hydrogens is 392 g/mol. The second kappa shape index (κ2) is 9.48. The summed E-state index contributed by atoms with van der Waals surface area (Å²) in [7, 11) is 0. The fourth-order valence-electron chi connectivity index (χ4n) is 2.51. The number of Topliss-reactive ketones (excluding diaryl/α,β-unsaturated/α-hetero) is 1. The predicted molar refractivity (Wildman–Crippen MR) is 114 cm³/mol. The molecule has 1 atom stereocenters. The number of hydrogen-bond acceptors (Lipinski definition) is 7. The van der Waals surface area contributed by atoms with E-state index in [9.17, 15) is 9.59 Å². The summed E-state index contributed by atoms with van der Waals surface area (Å²) in [5, 5.41) is 14.5. The van der Waals surface area contributed by atoms with E-state index in [-0.39, 0.29) is 11.7 Å². The van der Waals surface area contributed by atoms with E-state index in [0.717, 1.165) is 17.2 Å². The molecule has 3 aromatic rings. The van der Waals surface area contributed by atoms with Crippen LogP contribution in [0.15, 0.2) is 58.9 Å². The lowest BCUT2D eigenvalue weighted by Crippen LogP contribution is -2.19. The second-order valence-electron chi connectivity index (χ2n) is 5.94. The Labute approximate surface area is 171 Å². The summed E-state index contributed by atoms with van der Waals surface area (Å²) in [5.41, 5.74) is 2.01. The minimum absolute atomic E-state index is 0.0464. The first-order valence-electron chi connectivity index (χ1n) is 8.77. The number of hydrogen-bond donors (Lipinski definition) is 2. The van der Waals surface area contributed by atoms with Gasteiger partial charge in [-0.2, -0.15) is 0 Å². The Hall–Kier alpha value is -2.71. The summed E-state index contributed by atoms with van der Waals surface area (Å²) in [5.74, 6) is -0.230. The summed E-state index contributed by atoms with van der Waals surface area (Å²) in [4.78, 5) is 24.7. The maximum Gasteiger partial charge on any atom is 0.242 e. The van der Waals surface area contributed by atoms with E-state index in [1.807, 2.05) is 37.3 Å². The lowest BCUT2D eigenvalue weighted by atomic mass is 10.1. The van der Waals surface area contributed by atoms with Gasteiger partial charge in [0.2, 0.25) is 11.0 Å². The topological polar surface area (TPSA) is 84.0 Å². The Kier molecular flexibility index (Phi) is 6.78. The van der Waals surface area contributed by atoms with Gasteiger partial charge >= 0.3 is 0 Å². The fourth-order valence-corrected chi connectivity index (χ4v) is 4.52. The van der Waals surface area contributed by atoms with Crippen LogP contribution >= 0.6 is 23.1 Å². The zero-order valence-corrected chi connectivity index (χ0v) is 17.1. The predicted octanol–water partition coefficient (Wildman–Crippen LogP) is 4.64. The molecule has 28 heavy (non-hydrogen) atoms. The number of aromatic nitrogens is 2. The number of carbonyl (C=O) groups excluding carboxylic acids is 2. The molecule has 0 aliphatic carbocycles. The molecule has 1 unspecified atom stereocenters. The van der Waals surface area contributed by atoms with E-state index in [2.05, 4.69) is 20.8 Å². The zero-order chi connectivity index (χ0) is 19.9. The molecule has 144 valence electrons. The van der Waals surface area contributed by atoms with Crippen LogP contribution in [0.25, 0.3) is 0 Å². The van der Waals surface area contributed by atoms with Crippen molar-refractivity contribution in [3.63, 3.8) is 0 Å². The third-order valence-corrected chi connectivity index (χ3v) is 6.05. The van der Waals surface area contributed by atoms with E-state index in [1.165, 1.54) is 30.0 Å². The van der Waals surface area contributed by atoms with Crippen molar-refractivity contribution < 1.29 is 9.59 Å². The molecule has 0 saturated carbocycles.